The summed E-state index contributed by atoms with van der Waals surface area (Å²) in [5.41, 5.74) is 0.619. The Morgan fingerprint density at radius 2 is 2.11 bits per heavy atom. The van der Waals surface area contributed by atoms with Crippen molar-refractivity contribution in [2.24, 2.45) is 0 Å². The van der Waals surface area contributed by atoms with Crippen molar-refractivity contribution in [1.82, 2.24) is 34.8 Å². The molecular formula is C23H22F2N8O2S2. The molecule has 10 nitrogen and oxygen atoms in total. The van der Waals surface area contributed by atoms with Gasteiger partial charge in [-0.1, -0.05) is 17.4 Å². The van der Waals surface area contributed by atoms with Gasteiger partial charge < -0.3 is 5.32 Å². The van der Waals surface area contributed by atoms with E-state index < -0.39 is 27.0 Å². The van der Waals surface area contributed by atoms with Gasteiger partial charge in [0.15, 0.2) is 10.7 Å². The average Bonchev–Trinajstić information content (AvgIpc) is 3.32. The van der Waals surface area contributed by atoms with Gasteiger partial charge in [0.25, 0.3) is 6.43 Å². The van der Waals surface area contributed by atoms with Gasteiger partial charge in [0.1, 0.15) is 11.9 Å². The molecule has 0 amide bonds. The highest BCUT2D eigenvalue weighted by Gasteiger charge is 2.47. The zero-order valence-corrected chi connectivity index (χ0v) is 21.3. The van der Waals surface area contributed by atoms with Crippen molar-refractivity contribution in [3.63, 3.8) is 0 Å². The van der Waals surface area contributed by atoms with Crippen LogP contribution in [-0.4, -0.2) is 51.3 Å². The molecule has 2 unspecified atom stereocenters. The second-order valence-corrected chi connectivity index (χ2v) is 12.2. The first kappa shape index (κ1) is 24.2. The Balaban J connectivity index is 1.59. The van der Waals surface area contributed by atoms with Crippen LogP contribution >= 0.6 is 11.3 Å². The largest absolute Gasteiger partial charge is 0.314 e. The zero-order chi connectivity index (χ0) is 25.9. The molecule has 1 aromatic carbocycles. The predicted molar refractivity (Wildman–Crippen MR) is 132 cm³/mol. The van der Waals surface area contributed by atoms with Crippen LogP contribution in [0.1, 0.15) is 55.7 Å². The molecule has 1 aliphatic carbocycles. The summed E-state index contributed by atoms with van der Waals surface area (Å²) in [7, 11) is -4.02. The van der Waals surface area contributed by atoms with Gasteiger partial charge in [-0.15, -0.1) is 10.2 Å². The number of rotatable bonds is 6. The molecule has 1 saturated heterocycles. The van der Waals surface area contributed by atoms with Crippen molar-refractivity contribution < 1.29 is 17.2 Å². The summed E-state index contributed by atoms with van der Waals surface area (Å²) in [5.74, 6) is 0.141. The zero-order valence-electron chi connectivity index (χ0n) is 19.6. The van der Waals surface area contributed by atoms with Crippen LogP contribution in [0.15, 0.2) is 29.4 Å². The summed E-state index contributed by atoms with van der Waals surface area (Å²) in [6.07, 6.45) is 1.27. The molecule has 3 aromatic heterocycles. The van der Waals surface area contributed by atoms with Crippen LogP contribution in [0.5, 0.6) is 0 Å². The molecular weight excluding hydrogens is 522 g/mol. The summed E-state index contributed by atoms with van der Waals surface area (Å²) >= 11 is 0.719. The highest BCUT2D eigenvalue weighted by molar-refractivity contribution is 7.89. The van der Waals surface area contributed by atoms with E-state index in [1.807, 2.05) is 6.07 Å². The maximum Gasteiger partial charge on any atom is 0.291 e. The Bertz CT molecular complexity index is 1670. The van der Waals surface area contributed by atoms with Crippen molar-refractivity contribution >= 4 is 43.3 Å². The second kappa shape index (κ2) is 8.73. The number of benzene rings is 1. The van der Waals surface area contributed by atoms with E-state index in [9.17, 15) is 22.5 Å². The highest BCUT2D eigenvalue weighted by Crippen LogP contribution is 2.40. The van der Waals surface area contributed by atoms with Crippen molar-refractivity contribution in [3.8, 4) is 11.2 Å². The molecule has 14 heteroatoms. The molecule has 192 valence electrons. The third kappa shape index (κ3) is 4.15. The number of halogens is 2. The first-order chi connectivity index (χ1) is 17.7. The van der Waals surface area contributed by atoms with Gasteiger partial charge in [-0.25, -0.2) is 27.2 Å². The van der Waals surface area contributed by atoms with Crippen molar-refractivity contribution in [2.45, 2.75) is 61.4 Å². The van der Waals surface area contributed by atoms with E-state index in [0.717, 1.165) is 41.8 Å². The summed E-state index contributed by atoms with van der Waals surface area (Å²) in [6, 6.07) is 6.95. The lowest BCUT2D eigenvalue weighted by Gasteiger charge is -2.27. The van der Waals surface area contributed by atoms with E-state index >= 15 is 0 Å². The summed E-state index contributed by atoms with van der Waals surface area (Å²) in [6.45, 7) is 2.94. The molecule has 0 bridgehead atoms. The Hall–Kier alpha value is -3.12. The van der Waals surface area contributed by atoms with Crippen molar-refractivity contribution in [1.29, 1.82) is 5.26 Å². The lowest BCUT2D eigenvalue weighted by atomic mass is 9.88. The van der Waals surface area contributed by atoms with Crippen LogP contribution in [0.3, 0.4) is 0 Å². The minimum absolute atomic E-state index is 0.0471. The standard InChI is InChI=1S/C23H22F2N8O2S2/c1-12-8-13(4-7-27-12)18-17-15-3-2-14(37(34,35)32-23(10-26)5-6-23)9-16(15)33(20(17)29-11-28-18)22-31-30-21(36-22)19(24)25/h2-3,9,11-13,19,27,32H,4-8H2,1H3. The fraction of sp³-hybridized carbons (Fsp3) is 0.435. The lowest BCUT2D eigenvalue weighted by Crippen LogP contribution is -2.35. The number of nitriles is 1. The van der Waals surface area contributed by atoms with E-state index in [1.165, 1.54) is 18.5 Å². The summed E-state index contributed by atoms with van der Waals surface area (Å²) in [5, 5.41) is 21.5. The molecule has 2 N–H and O–H groups in total. The fourth-order valence-electron chi connectivity index (χ4n) is 4.97. The van der Waals surface area contributed by atoms with Crippen LogP contribution in [0.2, 0.25) is 0 Å². The van der Waals surface area contributed by atoms with Gasteiger partial charge in [0.2, 0.25) is 15.2 Å². The Morgan fingerprint density at radius 1 is 1.30 bits per heavy atom. The van der Waals surface area contributed by atoms with E-state index in [-0.39, 0.29) is 15.9 Å². The average molecular weight is 545 g/mol. The van der Waals surface area contributed by atoms with Gasteiger partial charge >= 0.3 is 0 Å². The van der Waals surface area contributed by atoms with Crippen LogP contribution in [0, 0.1) is 11.3 Å². The third-order valence-corrected chi connectivity index (χ3v) is 9.42. The number of fused-ring (bicyclic) bond motifs is 3. The molecule has 1 aliphatic heterocycles. The summed E-state index contributed by atoms with van der Waals surface area (Å²) in [4.78, 5) is 9.05. The molecule has 37 heavy (non-hydrogen) atoms. The minimum Gasteiger partial charge on any atom is -0.314 e. The SMILES string of the molecule is CC1CC(c2ncnc3c2c2ccc(S(=O)(=O)NC4(C#N)CC4)cc2n3-c2nnc(C(F)F)s2)CCN1. The number of nitrogens with one attached hydrogen (secondary N) is 2. The van der Waals surface area contributed by atoms with Crippen LogP contribution in [-0.2, 0) is 10.0 Å². The summed E-state index contributed by atoms with van der Waals surface area (Å²) < 4.78 is 57.1. The lowest BCUT2D eigenvalue weighted by molar-refractivity contribution is 0.150. The Morgan fingerprint density at radius 3 is 2.78 bits per heavy atom. The van der Waals surface area contributed by atoms with Crippen molar-refractivity contribution in [3.05, 3.63) is 35.2 Å². The molecule has 1 saturated carbocycles. The molecule has 2 fully saturated rings. The number of piperidine rings is 1. The minimum atomic E-state index is -4.02. The van der Waals surface area contributed by atoms with Gasteiger partial charge in [-0.2, -0.15) is 9.98 Å². The Kier molecular flexibility index (Phi) is 5.72. The Labute approximate surface area is 214 Å². The van der Waals surface area contributed by atoms with Gasteiger partial charge in [0.05, 0.1) is 22.2 Å². The molecule has 4 aromatic rings. The number of hydrogen-bond acceptors (Lipinski definition) is 9. The molecule has 2 aliphatic rings. The smallest absolute Gasteiger partial charge is 0.291 e. The van der Waals surface area contributed by atoms with E-state index in [0.29, 0.717) is 35.4 Å². The topological polar surface area (TPSA) is 138 Å². The van der Waals surface area contributed by atoms with E-state index in [1.54, 1.807) is 10.6 Å². The number of aromatic nitrogens is 5. The second-order valence-electron chi connectivity index (χ2n) is 9.57. The van der Waals surface area contributed by atoms with Crippen LogP contribution < -0.4 is 10.0 Å². The fourth-order valence-corrected chi connectivity index (χ4v) is 7.08. The monoisotopic (exact) mass is 544 g/mol. The van der Waals surface area contributed by atoms with Gasteiger partial charge in [-0.3, -0.25) is 4.57 Å². The van der Waals surface area contributed by atoms with Crippen LogP contribution in [0.4, 0.5) is 8.78 Å². The number of alkyl halides is 2. The first-order valence-electron chi connectivity index (χ1n) is 11.8. The van der Waals surface area contributed by atoms with Gasteiger partial charge in [-0.05, 0) is 51.3 Å². The first-order valence-corrected chi connectivity index (χ1v) is 14.1. The number of sulfonamides is 1. The van der Waals surface area contributed by atoms with Crippen molar-refractivity contribution in [2.75, 3.05) is 6.54 Å². The van der Waals surface area contributed by atoms with E-state index in [4.69, 9.17) is 0 Å². The molecule has 2 atom stereocenters. The van der Waals surface area contributed by atoms with Crippen LogP contribution in [0.25, 0.3) is 27.1 Å². The maximum absolute atomic E-state index is 13.4. The normalized spacial score (nSPS) is 21.5. The molecule has 4 heterocycles. The quantitative estimate of drug-likeness (QED) is 0.376. The third-order valence-electron chi connectivity index (χ3n) is 6.97. The molecule has 0 radical (unpaired) electrons. The molecule has 0 spiro atoms. The highest BCUT2D eigenvalue weighted by atomic mass is 32.2. The predicted octanol–water partition coefficient (Wildman–Crippen LogP) is 3.55. The van der Waals surface area contributed by atoms with E-state index in [2.05, 4.69) is 37.1 Å². The molecule has 6 rings (SSSR count). The number of nitrogens with zero attached hydrogens (tertiary/aromatic N) is 6. The number of hydrogen-bond donors (Lipinski definition) is 2. The maximum atomic E-state index is 13.4. The van der Waals surface area contributed by atoms with Gasteiger partial charge in [0, 0.05) is 22.7 Å².